The van der Waals surface area contributed by atoms with Crippen molar-refractivity contribution in [2.75, 3.05) is 27.3 Å². The Morgan fingerprint density at radius 3 is 2.55 bits per heavy atom. The highest BCUT2D eigenvalue weighted by molar-refractivity contribution is 7.10. The van der Waals surface area contributed by atoms with E-state index in [1.54, 1.807) is 25.6 Å². The second-order valence-corrected chi connectivity index (χ2v) is 8.72. The predicted octanol–water partition coefficient (Wildman–Crippen LogP) is 4.59. The summed E-state index contributed by atoms with van der Waals surface area (Å²) in [5.74, 6) is 1.49. The summed E-state index contributed by atoms with van der Waals surface area (Å²) in [7, 11) is 3.32. The molecule has 0 saturated carbocycles. The number of nitrogens with one attached hydrogen (secondary N) is 1. The number of nitrogens with zero attached hydrogens (tertiary/aromatic N) is 1. The van der Waals surface area contributed by atoms with E-state index in [4.69, 9.17) is 9.47 Å². The number of methoxy groups -OCH3 is 2. The summed E-state index contributed by atoms with van der Waals surface area (Å²) in [5.41, 5.74) is 3.52. The second-order valence-electron chi connectivity index (χ2n) is 7.74. The van der Waals surface area contributed by atoms with Crippen LogP contribution in [0.5, 0.6) is 11.5 Å². The zero-order valence-corrected chi connectivity index (χ0v) is 18.9. The standard InChI is InChI=1S/C25H28N2O3S/c1-17(18-8-5-4-6-9-18)26-24(28)16-27-12-11-19-14-21(29-2)22(30-3)15-20(19)25(27)23-10-7-13-31-23/h4-10,13-15,17,25H,11-12,16H2,1-3H3,(H,26,28). The molecule has 6 heteroatoms. The van der Waals surface area contributed by atoms with E-state index in [0.717, 1.165) is 24.3 Å². The summed E-state index contributed by atoms with van der Waals surface area (Å²) in [6.07, 6.45) is 0.860. The summed E-state index contributed by atoms with van der Waals surface area (Å²) < 4.78 is 11.1. The van der Waals surface area contributed by atoms with Crippen molar-refractivity contribution < 1.29 is 14.3 Å². The van der Waals surface area contributed by atoms with E-state index in [9.17, 15) is 4.79 Å². The molecule has 2 heterocycles. The molecule has 1 aromatic heterocycles. The predicted molar refractivity (Wildman–Crippen MR) is 124 cm³/mol. The molecule has 1 amide bonds. The molecule has 2 atom stereocenters. The molecule has 162 valence electrons. The first-order valence-electron chi connectivity index (χ1n) is 10.5. The molecular formula is C25H28N2O3S. The number of carbonyl (C=O) groups is 1. The van der Waals surface area contributed by atoms with E-state index in [0.29, 0.717) is 12.3 Å². The lowest BCUT2D eigenvalue weighted by Crippen LogP contribution is -2.43. The Hall–Kier alpha value is -2.83. The van der Waals surface area contributed by atoms with Gasteiger partial charge in [0.1, 0.15) is 0 Å². The lowest BCUT2D eigenvalue weighted by Gasteiger charge is -2.37. The molecule has 0 spiro atoms. The van der Waals surface area contributed by atoms with Crippen LogP contribution >= 0.6 is 11.3 Å². The fraction of sp³-hybridized carbons (Fsp3) is 0.320. The average molecular weight is 437 g/mol. The molecule has 0 aliphatic carbocycles. The number of thiophene rings is 1. The van der Waals surface area contributed by atoms with Gasteiger partial charge in [-0.3, -0.25) is 9.69 Å². The Morgan fingerprint density at radius 2 is 1.87 bits per heavy atom. The van der Waals surface area contributed by atoms with Gasteiger partial charge in [-0.15, -0.1) is 11.3 Å². The van der Waals surface area contributed by atoms with Crippen molar-refractivity contribution in [2.45, 2.75) is 25.4 Å². The zero-order valence-electron chi connectivity index (χ0n) is 18.1. The van der Waals surface area contributed by atoms with Gasteiger partial charge in [0, 0.05) is 11.4 Å². The molecule has 2 unspecified atom stereocenters. The number of benzene rings is 2. The van der Waals surface area contributed by atoms with Gasteiger partial charge in [-0.2, -0.15) is 0 Å². The van der Waals surface area contributed by atoms with Gasteiger partial charge in [0.15, 0.2) is 11.5 Å². The average Bonchev–Trinajstić information content (AvgIpc) is 3.32. The van der Waals surface area contributed by atoms with E-state index < -0.39 is 0 Å². The van der Waals surface area contributed by atoms with Crippen LogP contribution in [0.15, 0.2) is 60.0 Å². The van der Waals surface area contributed by atoms with Gasteiger partial charge < -0.3 is 14.8 Å². The monoisotopic (exact) mass is 436 g/mol. The van der Waals surface area contributed by atoms with Crippen LogP contribution in [0.1, 0.15) is 40.6 Å². The fourth-order valence-electron chi connectivity index (χ4n) is 4.24. The van der Waals surface area contributed by atoms with Crippen molar-refractivity contribution >= 4 is 17.2 Å². The highest BCUT2D eigenvalue weighted by atomic mass is 32.1. The van der Waals surface area contributed by atoms with Crippen LogP contribution < -0.4 is 14.8 Å². The third-order valence-electron chi connectivity index (χ3n) is 5.81. The molecule has 1 N–H and O–H groups in total. The quantitative estimate of drug-likeness (QED) is 0.589. The summed E-state index contributed by atoms with van der Waals surface area (Å²) in [5, 5.41) is 5.24. The highest BCUT2D eigenvalue weighted by Crippen LogP contribution is 2.42. The molecule has 2 aromatic carbocycles. The number of fused-ring (bicyclic) bond motifs is 1. The van der Waals surface area contributed by atoms with Gasteiger partial charge >= 0.3 is 0 Å². The smallest absolute Gasteiger partial charge is 0.234 e. The molecule has 0 bridgehead atoms. The first-order chi connectivity index (χ1) is 15.1. The number of amides is 1. The van der Waals surface area contributed by atoms with Crippen LogP contribution in [-0.4, -0.2) is 38.1 Å². The van der Waals surface area contributed by atoms with E-state index in [1.165, 1.54) is 16.0 Å². The van der Waals surface area contributed by atoms with Crippen molar-refractivity contribution in [3.05, 3.63) is 81.5 Å². The van der Waals surface area contributed by atoms with E-state index >= 15 is 0 Å². The summed E-state index contributed by atoms with van der Waals surface area (Å²) in [6.45, 7) is 3.17. The molecule has 3 aromatic rings. The summed E-state index contributed by atoms with van der Waals surface area (Å²) in [6, 6.07) is 18.4. The minimum atomic E-state index is -0.0321. The number of carbonyl (C=O) groups excluding carboxylic acids is 1. The zero-order chi connectivity index (χ0) is 21.8. The van der Waals surface area contributed by atoms with Gasteiger partial charge in [0.2, 0.25) is 5.91 Å². The van der Waals surface area contributed by atoms with Gasteiger partial charge in [0.05, 0.1) is 32.8 Å². The van der Waals surface area contributed by atoms with Crippen LogP contribution in [0, 0.1) is 0 Å². The van der Waals surface area contributed by atoms with Gasteiger partial charge in [-0.1, -0.05) is 36.4 Å². The third kappa shape index (κ3) is 4.60. The van der Waals surface area contributed by atoms with Crippen LogP contribution in [-0.2, 0) is 11.2 Å². The first kappa shape index (κ1) is 21.4. The second kappa shape index (κ2) is 9.54. The molecule has 0 saturated heterocycles. The van der Waals surface area contributed by atoms with Crippen molar-refractivity contribution in [3.63, 3.8) is 0 Å². The van der Waals surface area contributed by atoms with Crippen LogP contribution in [0.3, 0.4) is 0 Å². The minimum absolute atomic E-state index is 0.0151. The number of hydrogen-bond donors (Lipinski definition) is 1. The van der Waals surface area contributed by atoms with Gasteiger partial charge in [-0.05, 0) is 53.6 Å². The molecule has 31 heavy (non-hydrogen) atoms. The van der Waals surface area contributed by atoms with Gasteiger partial charge in [0.25, 0.3) is 0 Å². The van der Waals surface area contributed by atoms with Gasteiger partial charge in [-0.25, -0.2) is 0 Å². The topological polar surface area (TPSA) is 50.8 Å². The molecule has 1 aliphatic heterocycles. The summed E-state index contributed by atoms with van der Waals surface area (Å²) >= 11 is 1.71. The molecule has 1 aliphatic rings. The normalized spacial score (nSPS) is 16.9. The highest BCUT2D eigenvalue weighted by Gasteiger charge is 2.32. The van der Waals surface area contributed by atoms with Crippen molar-refractivity contribution in [1.29, 1.82) is 0 Å². The van der Waals surface area contributed by atoms with Crippen LogP contribution in [0.2, 0.25) is 0 Å². The van der Waals surface area contributed by atoms with E-state index in [-0.39, 0.29) is 18.0 Å². The largest absolute Gasteiger partial charge is 0.493 e. The molecule has 5 nitrogen and oxygen atoms in total. The van der Waals surface area contributed by atoms with E-state index in [2.05, 4.69) is 39.9 Å². The minimum Gasteiger partial charge on any atom is -0.493 e. The summed E-state index contributed by atoms with van der Waals surface area (Å²) in [4.78, 5) is 16.4. The van der Waals surface area contributed by atoms with Crippen LogP contribution in [0.4, 0.5) is 0 Å². The maximum absolute atomic E-state index is 13.0. The Balaban J connectivity index is 1.59. The van der Waals surface area contributed by atoms with Crippen LogP contribution in [0.25, 0.3) is 0 Å². The molecular weight excluding hydrogens is 408 g/mol. The first-order valence-corrected chi connectivity index (χ1v) is 11.3. The molecule has 0 radical (unpaired) electrons. The van der Waals surface area contributed by atoms with Crippen molar-refractivity contribution in [1.82, 2.24) is 10.2 Å². The fourth-order valence-corrected chi connectivity index (χ4v) is 5.12. The van der Waals surface area contributed by atoms with E-state index in [1.807, 2.05) is 37.3 Å². The Kier molecular flexibility index (Phi) is 6.59. The van der Waals surface area contributed by atoms with Crippen molar-refractivity contribution in [2.24, 2.45) is 0 Å². The molecule has 0 fully saturated rings. The van der Waals surface area contributed by atoms with Crippen molar-refractivity contribution in [3.8, 4) is 11.5 Å². The lowest BCUT2D eigenvalue weighted by atomic mass is 9.91. The third-order valence-corrected chi connectivity index (χ3v) is 6.73. The number of ether oxygens (including phenoxy) is 2. The Labute approximate surface area is 187 Å². The lowest BCUT2D eigenvalue weighted by molar-refractivity contribution is -0.123. The Bertz CT molecular complexity index is 1020. The maximum Gasteiger partial charge on any atom is 0.234 e. The SMILES string of the molecule is COc1cc2c(cc1OC)C(c1cccs1)N(CC(=O)NC(C)c1ccccc1)CC2. The Morgan fingerprint density at radius 1 is 1.13 bits per heavy atom. The molecule has 4 rings (SSSR count). The number of rotatable bonds is 7. The maximum atomic E-state index is 13.0. The number of hydrogen-bond acceptors (Lipinski definition) is 5.